The number of nitrogens with zero attached hydrogens (tertiary/aromatic N) is 1. The van der Waals surface area contributed by atoms with Crippen LogP contribution >= 0.6 is 0 Å². The van der Waals surface area contributed by atoms with E-state index in [2.05, 4.69) is 180 Å². The van der Waals surface area contributed by atoms with Gasteiger partial charge in [0.1, 0.15) is 22.3 Å². The average Bonchev–Trinajstić information content (AvgIpc) is 3.98. The first-order valence-corrected chi connectivity index (χ1v) is 20.2. The fraction of sp³-hybridized carbons (Fsp3) is 0. The van der Waals surface area contributed by atoms with Crippen LogP contribution in [0.5, 0.6) is 0 Å². The summed E-state index contributed by atoms with van der Waals surface area (Å²) in [5.74, 6) is 0. The lowest BCUT2D eigenvalue weighted by molar-refractivity contribution is 0.668. The van der Waals surface area contributed by atoms with Crippen LogP contribution in [-0.4, -0.2) is 4.57 Å². The zero-order valence-electron chi connectivity index (χ0n) is 31.8. The molecule has 0 aliphatic carbocycles. The molecule has 0 bridgehead atoms. The fourth-order valence-corrected chi connectivity index (χ4v) is 9.61. The van der Waals surface area contributed by atoms with Crippen molar-refractivity contribution in [1.82, 2.24) is 4.57 Å². The second-order valence-corrected chi connectivity index (χ2v) is 15.6. The van der Waals surface area contributed by atoms with Crippen LogP contribution in [0.2, 0.25) is 0 Å². The van der Waals surface area contributed by atoms with Crippen molar-refractivity contribution in [3.8, 4) is 50.2 Å². The van der Waals surface area contributed by atoms with E-state index >= 15 is 0 Å². The van der Waals surface area contributed by atoms with Gasteiger partial charge in [-0.05, 0) is 116 Å². The third-order valence-corrected chi connectivity index (χ3v) is 12.4. The summed E-state index contributed by atoms with van der Waals surface area (Å²) in [6.07, 6.45) is 0. The SMILES string of the molecule is c1ccc(-n2c3ccc(-c4ccc(-c5ccc6oc7ccccc7c6c5)cc4)c4ccc5c(-c6ccc(-c7ccc8oc9ccccc9c8c7)cc6)ccc2c5c43)cc1. The van der Waals surface area contributed by atoms with Gasteiger partial charge in [0, 0.05) is 38.0 Å². The molecule has 3 heteroatoms. The topological polar surface area (TPSA) is 31.2 Å². The summed E-state index contributed by atoms with van der Waals surface area (Å²) in [4.78, 5) is 0. The predicted molar refractivity (Wildman–Crippen MR) is 246 cm³/mol. The standard InChI is InChI=1S/C56H33NO2/c1-2-8-40(9-3-1)57-49-28-26-41(36-18-14-34(15-19-36)38-22-30-53-47(32-38)43-10-4-6-12-51(43)58-53)45-24-25-46-42(27-29-50(57)56(46)55(45)49)37-20-16-35(17-21-37)39-23-31-54-48(33-39)44-11-5-7-13-52(44)59-54/h1-33H. The van der Waals surface area contributed by atoms with Gasteiger partial charge < -0.3 is 13.4 Å². The van der Waals surface area contributed by atoms with Crippen molar-refractivity contribution in [2.45, 2.75) is 0 Å². The molecule has 10 aromatic carbocycles. The monoisotopic (exact) mass is 751 g/mol. The molecule has 3 heterocycles. The summed E-state index contributed by atoms with van der Waals surface area (Å²) in [5.41, 5.74) is 16.8. The number of furan rings is 2. The lowest BCUT2D eigenvalue weighted by Crippen LogP contribution is -1.93. The molecule has 0 saturated heterocycles. The number of aromatic nitrogens is 1. The Morgan fingerprint density at radius 2 is 0.678 bits per heavy atom. The summed E-state index contributed by atoms with van der Waals surface area (Å²) in [5, 5.41) is 9.66. The maximum Gasteiger partial charge on any atom is 0.135 e. The van der Waals surface area contributed by atoms with Crippen LogP contribution in [0.25, 0.3) is 127 Å². The fourth-order valence-electron chi connectivity index (χ4n) is 9.61. The Morgan fingerprint density at radius 3 is 1.17 bits per heavy atom. The third-order valence-electron chi connectivity index (χ3n) is 12.4. The lowest BCUT2D eigenvalue weighted by Gasteiger charge is -2.12. The molecule has 0 spiro atoms. The van der Waals surface area contributed by atoms with E-state index in [9.17, 15) is 0 Å². The zero-order chi connectivity index (χ0) is 38.6. The smallest absolute Gasteiger partial charge is 0.135 e. The molecular weight excluding hydrogens is 719 g/mol. The molecular formula is C56H33NO2. The minimum absolute atomic E-state index is 0.914. The molecule has 0 N–H and O–H groups in total. The molecule has 0 aliphatic heterocycles. The molecule has 0 fully saturated rings. The number of rotatable bonds is 5. The van der Waals surface area contributed by atoms with Gasteiger partial charge in [0.2, 0.25) is 0 Å². The first kappa shape index (κ1) is 32.2. The lowest BCUT2D eigenvalue weighted by atomic mass is 9.90. The predicted octanol–water partition coefficient (Wildman–Crippen LogP) is 15.8. The Hall–Kier alpha value is -7.88. The maximum absolute atomic E-state index is 6.11. The number of hydrogen-bond donors (Lipinski definition) is 0. The summed E-state index contributed by atoms with van der Waals surface area (Å²) < 4.78 is 14.6. The van der Waals surface area contributed by atoms with Crippen molar-refractivity contribution in [3.05, 3.63) is 200 Å². The number of fused-ring (bicyclic) bond motifs is 6. The molecule has 3 aromatic heterocycles. The van der Waals surface area contributed by atoms with Crippen molar-refractivity contribution < 1.29 is 8.83 Å². The quantitative estimate of drug-likeness (QED) is 0.164. The number of benzene rings is 10. The highest BCUT2D eigenvalue weighted by molar-refractivity contribution is 6.28. The van der Waals surface area contributed by atoms with E-state index in [1.807, 2.05) is 24.3 Å². The van der Waals surface area contributed by atoms with Gasteiger partial charge >= 0.3 is 0 Å². The Labute approximate surface area is 338 Å². The molecule has 13 aromatic rings. The second kappa shape index (κ2) is 12.3. The van der Waals surface area contributed by atoms with Crippen LogP contribution in [0.4, 0.5) is 0 Å². The van der Waals surface area contributed by atoms with Crippen LogP contribution in [0.1, 0.15) is 0 Å². The Balaban J connectivity index is 0.927. The van der Waals surface area contributed by atoms with Gasteiger partial charge in [-0.3, -0.25) is 0 Å². The van der Waals surface area contributed by atoms with Gasteiger partial charge in [-0.2, -0.15) is 0 Å². The normalized spacial score (nSPS) is 12.1. The minimum Gasteiger partial charge on any atom is -0.456 e. The van der Waals surface area contributed by atoms with Gasteiger partial charge in [0.15, 0.2) is 0 Å². The third kappa shape index (κ3) is 4.82. The first-order valence-electron chi connectivity index (χ1n) is 20.2. The van der Waals surface area contributed by atoms with E-state index in [0.717, 1.165) is 49.6 Å². The molecule has 3 nitrogen and oxygen atoms in total. The summed E-state index contributed by atoms with van der Waals surface area (Å²) in [7, 11) is 0. The van der Waals surface area contributed by atoms with Gasteiger partial charge in [-0.1, -0.05) is 140 Å². The first-order chi connectivity index (χ1) is 29.2. The average molecular weight is 752 g/mol. The number of hydrogen-bond acceptors (Lipinski definition) is 2. The summed E-state index contributed by atoms with van der Waals surface area (Å²) >= 11 is 0. The largest absolute Gasteiger partial charge is 0.456 e. The summed E-state index contributed by atoms with van der Waals surface area (Å²) in [6, 6.07) is 72.2. The van der Waals surface area contributed by atoms with Crippen LogP contribution in [0.3, 0.4) is 0 Å². The molecule has 274 valence electrons. The molecule has 13 rings (SSSR count). The van der Waals surface area contributed by atoms with Crippen molar-refractivity contribution in [1.29, 1.82) is 0 Å². The second-order valence-electron chi connectivity index (χ2n) is 15.6. The van der Waals surface area contributed by atoms with E-state index in [-0.39, 0.29) is 0 Å². The molecule has 0 unspecified atom stereocenters. The van der Waals surface area contributed by atoms with E-state index in [1.54, 1.807) is 0 Å². The van der Waals surface area contributed by atoms with Gasteiger partial charge in [-0.15, -0.1) is 0 Å². The molecule has 0 atom stereocenters. The Bertz CT molecular complexity index is 3520. The molecule has 0 amide bonds. The highest BCUT2D eigenvalue weighted by Crippen LogP contribution is 2.46. The van der Waals surface area contributed by atoms with Crippen molar-refractivity contribution in [2.24, 2.45) is 0 Å². The highest BCUT2D eigenvalue weighted by Gasteiger charge is 2.21. The van der Waals surface area contributed by atoms with E-state index in [0.29, 0.717) is 0 Å². The van der Waals surface area contributed by atoms with Crippen molar-refractivity contribution in [2.75, 3.05) is 0 Å². The number of para-hydroxylation sites is 3. The molecule has 0 aliphatic rings. The van der Waals surface area contributed by atoms with Crippen LogP contribution in [0.15, 0.2) is 209 Å². The molecule has 59 heavy (non-hydrogen) atoms. The van der Waals surface area contributed by atoms with E-state index < -0.39 is 0 Å². The molecule has 0 radical (unpaired) electrons. The zero-order valence-corrected chi connectivity index (χ0v) is 31.8. The van der Waals surface area contributed by atoms with Crippen LogP contribution in [-0.2, 0) is 0 Å². The van der Waals surface area contributed by atoms with Gasteiger partial charge in [0.25, 0.3) is 0 Å². The molecule has 0 saturated carbocycles. The highest BCUT2D eigenvalue weighted by atomic mass is 16.3. The Kier molecular flexibility index (Phi) is 6.72. The summed E-state index contributed by atoms with van der Waals surface area (Å²) in [6.45, 7) is 0. The Morgan fingerprint density at radius 1 is 0.271 bits per heavy atom. The van der Waals surface area contributed by atoms with Crippen molar-refractivity contribution in [3.63, 3.8) is 0 Å². The van der Waals surface area contributed by atoms with E-state index in [4.69, 9.17) is 8.83 Å². The van der Waals surface area contributed by atoms with Crippen LogP contribution < -0.4 is 0 Å². The maximum atomic E-state index is 6.11. The van der Waals surface area contributed by atoms with Gasteiger partial charge in [-0.25, -0.2) is 0 Å². The van der Waals surface area contributed by atoms with E-state index in [1.165, 1.54) is 77.1 Å². The van der Waals surface area contributed by atoms with Crippen LogP contribution in [0, 0.1) is 0 Å². The minimum atomic E-state index is 0.914. The van der Waals surface area contributed by atoms with Gasteiger partial charge in [0.05, 0.1) is 11.0 Å². The van der Waals surface area contributed by atoms with Crippen molar-refractivity contribution >= 4 is 76.5 Å².